The van der Waals surface area contributed by atoms with Crippen molar-refractivity contribution in [2.45, 2.75) is 26.4 Å². The van der Waals surface area contributed by atoms with Gasteiger partial charge in [-0.15, -0.1) is 0 Å². The van der Waals surface area contributed by atoms with E-state index in [4.69, 9.17) is 0 Å². The van der Waals surface area contributed by atoms with Crippen LogP contribution in [0.1, 0.15) is 17.7 Å². The van der Waals surface area contributed by atoms with Crippen molar-refractivity contribution in [3.05, 3.63) is 76.8 Å². The predicted molar refractivity (Wildman–Crippen MR) is 113 cm³/mol. The van der Waals surface area contributed by atoms with Gasteiger partial charge in [0.2, 0.25) is 5.91 Å². The lowest BCUT2D eigenvalue weighted by atomic mass is 10.0. The zero-order valence-electron chi connectivity index (χ0n) is 15.5. The Bertz CT molecular complexity index is 1110. The van der Waals surface area contributed by atoms with Crippen molar-refractivity contribution in [3.63, 3.8) is 0 Å². The summed E-state index contributed by atoms with van der Waals surface area (Å²) in [5, 5.41) is 14.0. The fourth-order valence-corrected chi connectivity index (χ4v) is 3.48. The molecule has 0 unspecified atom stereocenters. The normalized spacial score (nSPS) is 11.1. The molecular formula is C21H20BrN5O. The molecular weight excluding hydrogens is 418 g/mol. The van der Waals surface area contributed by atoms with Gasteiger partial charge in [0, 0.05) is 25.4 Å². The lowest BCUT2D eigenvalue weighted by Crippen LogP contribution is -2.14. The van der Waals surface area contributed by atoms with Crippen LogP contribution < -0.4 is 5.32 Å². The van der Waals surface area contributed by atoms with E-state index < -0.39 is 0 Å². The Labute approximate surface area is 171 Å². The number of fused-ring (bicyclic) bond motifs is 1. The van der Waals surface area contributed by atoms with Crippen LogP contribution in [0, 0.1) is 6.92 Å². The highest BCUT2D eigenvalue weighted by Gasteiger charge is 2.08. The maximum Gasteiger partial charge on any atom is 0.226 e. The summed E-state index contributed by atoms with van der Waals surface area (Å²) in [7, 11) is 0. The number of halogens is 1. The van der Waals surface area contributed by atoms with Gasteiger partial charge in [-0.2, -0.15) is 10.2 Å². The Hall–Kier alpha value is -2.93. The van der Waals surface area contributed by atoms with Crippen molar-refractivity contribution < 1.29 is 4.79 Å². The summed E-state index contributed by atoms with van der Waals surface area (Å²) in [6, 6.07) is 14.6. The molecule has 0 aliphatic heterocycles. The quantitative estimate of drug-likeness (QED) is 0.486. The SMILES string of the molecule is Cc1nn(CCC(=O)Nc2cnn(Cc3cccc4ccccc34)c2)cc1Br. The average Bonchev–Trinajstić information content (AvgIpc) is 3.26. The Balaban J connectivity index is 1.38. The van der Waals surface area contributed by atoms with Gasteiger partial charge in [0.05, 0.1) is 28.6 Å². The van der Waals surface area contributed by atoms with Crippen LogP contribution in [0.2, 0.25) is 0 Å². The number of anilines is 1. The van der Waals surface area contributed by atoms with E-state index in [1.165, 1.54) is 16.3 Å². The van der Waals surface area contributed by atoms with Crippen LogP contribution in [0.15, 0.2) is 65.5 Å². The molecule has 4 aromatic rings. The third-order valence-corrected chi connectivity index (χ3v) is 5.36. The van der Waals surface area contributed by atoms with Gasteiger partial charge in [-0.3, -0.25) is 14.2 Å². The van der Waals surface area contributed by atoms with Crippen LogP contribution >= 0.6 is 15.9 Å². The molecule has 142 valence electrons. The van der Waals surface area contributed by atoms with Gasteiger partial charge in [-0.1, -0.05) is 42.5 Å². The van der Waals surface area contributed by atoms with Crippen molar-refractivity contribution in [1.29, 1.82) is 0 Å². The molecule has 0 bridgehead atoms. The summed E-state index contributed by atoms with van der Waals surface area (Å²) in [5.41, 5.74) is 2.80. The van der Waals surface area contributed by atoms with Crippen LogP contribution in [0.4, 0.5) is 5.69 Å². The first kappa shape index (κ1) is 18.4. The predicted octanol–water partition coefficient (Wildman–Crippen LogP) is 4.38. The number of aromatic nitrogens is 4. The van der Waals surface area contributed by atoms with E-state index in [9.17, 15) is 4.79 Å². The van der Waals surface area contributed by atoms with E-state index in [0.717, 1.165) is 10.2 Å². The summed E-state index contributed by atoms with van der Waals surface area (Å²) in [5.74, 6) is -0.0611. The van der Waals surface area contributed by atoms with Gasteiger partial charge >= 0.3 is 0 Å². The number of amides is 1. The lowest BCUT2D eigenvalue weighted by molar-refractivity contribution is -0.116. The van der Waals surface area contributed by atoms with Crippen molar-refractivity contribution in [1.82, 2.24) is 19.6 Å². The monoisotopic (exact) mass is 437 g/mol. The molecule has 2 heterocycles. The molecule has 0 saturated heterocycles. The van der Waals surface area contributed by atoms with Gasteiger partial charge in [0.1, 0.15) is 0 Å². The zero-order chi connectivity index (χ0) is 19.5. The van der Waals surface area contributed by atoms with Gasteiger partial charge in [-0.05, 0) is 39.2 Å². The van der Waals surface area contributed by atoms with E-state index >= 15 is 0 Å². The van der Waals surface area contributed by atoms with E-state index in [-0.39, 0.29) is 5.91 Å². The molecule has 7 heteroatoms. The number of carbonyl (C=O) groups excluding carboxylic acids is 1. The van der Waals surface area contributed by atoms with Crippen LogP contribution in [-0.4, -0.2) is 25.5 Å². The second-order valence-electron chi connectivity index (χ2n) is 6.69. The summed E-state index contributed by atoms with van der Waals surface area (Å²) in [6.45, 7) is 3.10. The van der Waals surface area contributed by atoms with Gasteiger partial charge in [-0.25, -0.2) is 0 Å². The fourth-order valence-electron chi connectivity index (χ4n) is 3.17. The molecule has 0 saturated carbocycles. The topological polar surface area (TPSA) is 64.7 Å². The van der Waals surface area contributed by atoms with Gasteiger partial charge < -0.3 is 5.32 Å². The minimum absolute atomic E-state index is 0.0611. The molecule has 1 amide bonds. The highest BCUT2D eigenvalue weighted by atomic mass is 79.9. The smallest absolute Gasteiger partial charge is 0.226 e. The van der Waals surface area contributed by atoms with Gasteiger partial charge in [0.15, 0.2) is 0 Å². The highest BCUT2D eigenvalue weighted by molar-refractivity contribution is 9.10. The Kier molecular flexibility index (Phi) is 5.25. The summed E-state index contributed by atoms with van der Waals surface area (Å²) in [4.78, 5) is 12.2. The molecule has 6 nitrogen and oxygen atoms in total. The number of benzene rings is 2. The maximum absolute atomic E-state index is 12.2. The molecule has 0 spiro atoms. The van der Waals surface area contributed by atoms with Crippen LogP contribution in [0.3, 0.4) is 0 Å². The lowest BCUT2D eigenvalue weighted by Gasteiger charge is -2.06. The van der Waals surface area contributed by atoms with E-state index in [0.29, 0.717) is 25.2 Å². The second-order valence-corrected chi connectivity index (χ2v) is 7.54. The van der Waals surface area contributed by atoms with E-state index in [2.05, 4.69) is 61.8 Å². The third kappa shape index (κ3) is 4.14. The highest BCUT2D eigenvalue weighted by Crippen LogP contribution is 2.20. The first-order valence-corrected chi connectivity index (χ1v) is 9.86. The van der Waals surface area contributed by atoms with Crippen LogP contribution in [-0.2, 0) is 17.9 Å². The molecule has 0 fully saturated rings. The first-order valence-electron chi connectivity index (χ1n) is 9.07. The molecule has 0 atom stereocenters. The van der Waals surface area contributed by atoms with Crippen LogP contribution in [0.5, 0.6) is 0 Å². The minimum Gasteiger partial charge on any atom is -0.323 e. The molecule has 0 aliphatic rings. The number of hydrogen-bond acceptors (Lipinski definition) is 3. The molecule has 2 aromatic heterocycles. The van der Waals surface area contributed by atoms with E-state index in [1.807, 2.05) is 36.1 Å². The fraction of sp³-hybridized carbons (Fsp3) is 0.190. The molecule has 28 heavy (non-hydrogen) atoms. The van der Waals surface area contributed by atoms with Crippen molar-refractivity contribution in [2.75, 3.05) is 5.32 Å². The zero-order valence-corrected chi connectivity index (χ0v) is 17.1. The summed E-state index contributed by atoms with van der Waals surface area (Å²) < 4.78 is 4.55. The molecule has 0 radical (unpaired) electrons. The first-order chi connectivity index (χ1) is 13.6. The number of hydrogen-bond donors (Lipinski definition) is 1. The summed E-state index contributed by atoms with van der Waals surface area (Å²) in [6.07, 6.45) is 5.76. The third-order valence-electron chi connectivity index (χ3n) is 4.58. The number of carbonyl (C=O) groups is 1. The Morgan fingerprint density at radius 2 is 1.93 bits per heavy atom. The van der Waals surface area contributed by atoms with Crippen molar-refractivity contribution in [2.24, 2.45) is 0 Å². The molecule has 0 aliphatic carbocycles. The summed E-state index contributed by atoms with van der Waals surface area (Å²) >= 11 is 3.43. The standard InChI is InChI=1S/C21H20BrN5O/c1-15-20(22)14-26(25-15)10-9-21(28)24-18-11-23-27(13-18)12-17-7-4-6-16-5-2-3-8-19(16)17/h2-8,11,13-14H,9-10,12H2,1H3,(H,24,28). The molecule has 4 rings (SSSR count). The van der Waals surface area contributed by atoms with Crippen molar-refractivity contribution in [3.8, 4) is 0 Å². The minimum atomic E-state index is -0.0611. The van der Waals surface area contributed by atoms with Crippen molar-refractivity contribution >= 4 is 38.3 Å². The Morgan fingerprint density at radius 3 is 2.75 bits per heavy atom. The van der Waals surface area contributed by atoms with Gasteiger partial charge in [0.25, 0.3) is 0 Å². The maximum atomic E-state index is 12.2. The largest absolute Gasteiger partial charge is 0.323 e. The number of nitrogens with one attached hydrogen (secondary N) is 1. The van der Waals surface area contributed by atoms with Crippen LogP contribution in [0.25, 0.3) is 10.8 Å². The Morgan fingerprint density at radius 1 is 1.11 bits per heavy atom. The average molecular weight is 438 g/mol. The number of aryl methyl sites for hydroxylation is 2. The molecule has 2 aromatic carbocycles. The van der Waals surface area contributed by atoms with E-state index in [1.54, 1.807) is 10.9 Å². The molecule has 1 N–H and O–H groups in total. The second kappa shape index (κ2) is 7.98. The number of rotatable bonds is 6. The number of nitrogens with zero attached hydrogens (tertiary/aromatic N) is 4.